The van der Waals surface area contributed by atoms with E-state index in [4.69, 9.17) is 4.42 Å². The predicted molar refractivity (Wildman–Crippen MR) is 81.3 cm³/mol. The molecule has 0 aliphatic carbocycles. The molecule has 1 unspecified atom stereocenters. The second-order valence-electron chi connectivity index (χ2n) is 5.58. The molecule has 5 nitrogen and oxygen atoms in total. The minimum atomic E-state index is -0.0877. The zero-order valence-electron chi connectivity index (χ0n) is 13.1. The molecule has 0 aliphatic heterocycles. The molecule has 5 heteroatoms. The van der Waals surface area contributed by atoms with Crippen molar-refractivity contribution in [2.24, 2.45) is 0 Å². The molecule has 114 valence electrons. The van der Waals surface area contributed by atoms with Crippen LogP contribution in [-0.2, 0) is 13.0 Å². The molecule has 0 fully saturated rings. The van der Waals surface area contributed by atoms with Crippen LogP contribution in [0.4, 0.5) is 0 Å². The van der Waals surface area contributed by atoms with Crippen LogP contribution in [0.3, 0.4) is 0 Å². The lowest BCUT2D eigenvalue weighted by Gasteiger charge is -2.13. The second kappa shape index (κ2) is 6.61. The van der Waals surface area contributed by atoms with Gasteiger partial charge in [-0.05, 0) is 38.0 Å². The highest BCUT2D eigenvalue weighted by Crippen LogP contribution is 2.15. The first kappa shape index (κ1) is 15.4. The highest BCUT2D eigenvalue weighted by Gasteiger charge is 2.18. The number of rotatable bonds is 6. The second-order valence-corrected chi connectivity index (χ2v) is 5.58. The fourth-order valence-corrected chi connectivity index (χ4v) is 2.22. The van der Waals surface area contributed by atoms with E-state index in [1.165, 1.54) is 0 Å². The number of carbonyl (C=O) groups excluding carboxylic acids is 1. The van der Waals surface area contributed by atoms with Crippen LogP contribution in [0.25, 0.3) is 0 Å². The van der Waals surface area contributed by atoms with Crippen molar-refractivity contribution in [2.75, 3.05) is 0 Å². The lowest BCUT2D eigenvalue weighted by molar-refractivity contribution is 0.0928. The molecule has 0 spiro atoms. The molecule has 0 bridgehead atoms. The summed E-state index contributed by atoms with van der Waals surface area (Å²) in [5.41, 5.74) is 1.56. The molecule has 1 N–H and O–H groups in total. The minimum absolute atomic E-state index is 0.00589. The van der Waals surface area contributed by atoms with E-state index in [1.54, 1.807) is 10.9 Å². The molecule has 1 amide bonds. The number of furan rings is 1. The van der Waals surface area contributed by atoms with Crippen LogP contribution in [0.2, 0.25) is 0 Å². The molecule has 0 radical (unpaired) electrons. The van der Waals surface area contributed by atoms with E-state index in [0.29, 0.717) is 24.6 Å². The van der Waals surface area contributed by atoms with Crippen LogP contribution in [0.5, 0.6) is 0 Å². The monoisotopic (exact) mass is 289 g/mol. The van der Waals surface area contributed by atoms with Gasteiger partial charge in [0.25, 0.3) is 5.91 Å². The van der Waals surface area contributed by atoms with Gasteiger partial charge in [-0.15, -0.1) is 0 Å². The molecule has 2 aromatic rings. The normalized spacial score (nSPS) is 12.6. The maximum Gasteiger partial charge on any atom is 0.269 e. The van der Waals surface area contributed by atoms with Crippen LogP contribution in [0.15, 0.2) is 28.9 Å². The van der Waals surface area contributed by atoms with Gasteiger partial charge in [-0.1, -0.05) is 13.8 Å². The third-order valence-corrected chi connectivity index (χ3v) is 3.39. The standard InChI is InChI=1S/C16H23N3O2/c1-5-19-15(10-14(18-19)11(2)3)16(20)17-12(4)9-13-7-6-8-21-13/h6-8,10-12H,5,9H2,1-4H3,(H,17,20). The zero-order chi connectivity index (χ0) is 15.4. The van der Waals surface area contributed by atoms with E-state index < -0.39 is 0 Å². The highest BCUT2D eigenvalue weighted by molar-refractivity contribution is 5.92. The first-order valence-electron chi connectivity index (χ1n) is 7.42. The number of hydrogen-bond donors (Lipinski definition) is 1. The number of hydrogen-bond acceptors (Lipinski definition) is 3. The summed E-state index contributed by atoms with van der Waals surface area (Å²) < 4.78 is 7.06. The zero-order valence-corrected chi connectivity index (χ0v) is 13.1. The Bertz CT molecular complexity index is 585. The smallest absolute Gasteiger partial charge is 0.269 e. The van der Waals surface area contributed by atoms with Crippen LogP contribution < -0.4 is 5.32 Å². The van der Waals surface area contributed by atoms with Crippen molar-refractivity contribution in [2.45, 2.75) is 52.6 Å². The maximum atomic E-state index is 12.4. The van der Waals surface area contributed by atoms with Crippen LogP contribution in [0.1, 0.15) is 55.6 Å². The van der Waals surface area contributed by atoms with Crippen molar-refractivity contribution in [3.05, 3.63) is 41.6 Å². The van der Waals surface area contributed by atoms with E-state index >= 15 is 0 Å². The number of nitrogens with zero attached hydrogens (tertiary/aromatic N) is 2. The molecule has 2 rings (SSSR count). The Labute approximate surface area is 125 Å². The largest absolute Gasteiger partial charge is 0.469 e. The summed E-state index contributed by atoms with van der Waals surface area (Å²) in [7, 11) is 0. The van der Waals surface area contributed by atoms with Gasteiger partial charge in [-0.3, -0.25) is 9.48 Å². The molecule has 21 heavy (non-hydrogen) atoms. The van der Waals surface area contributed by atoms with E-state index in [-0.39, 0.29) is 11.9 Å². The van der Waals surface area contributed by atoms with Crippen molar-refractivity contribution in [1.29, 1.82) is 0 Å². The summed E-state index contributed by atoms with van der Waals surface area (Å²) in [5, 5.41) is 7.47. The van der Waals surface area contributed by atoms with Gasteiger partial charge in [0.15, 0.2) is 0 Å². The van der Waals surface area contributed by atoms with Crippen LogP contribution >= 0.6 is 0 Å². The Hall–Kier alpha value is -2.04. The maximum absolute atomic E-state index is 12.4. The summed E-state index contributed by atoms with van der Waals surface area (Å²) in [6.07, 6.45) is 2.32. The average molecular weight is 289 g/mol. The van der Waals surface area contributed by atoms with Crippen molar-refractivity contribution < 1.29 is 9.21 Å². The van der Waals surface area contributed by atoms with E-state index in [0.717, 1.165) is 11.5 Å². The van der Waals surface area contributed by atoms with Crippen LogP contribution in [-0.4, -0.2) is 21.7 Å². The van der Waals surface area contributed by atoms with Crippen molar-refractivity contribution in [1.82, 2.24) is 15.1 Å². The van der Waals surface area contributed by atoms with Gasteiger partial charge in [0.1, 0.15) is 11.5 Å². The van der Waals surface area contributed by atoms with E-state index in [2.05, 4.69) is 24.3 Å². The summed E-state index contributed by atoms with van der Waals surface area (Å²) in [5.74, 6) is 1.09. The fraction of sp³-hybridized carbons (Fsp3) is 0.500. The fourth-order valence-electron chi connectivity index (χ4n) is 2.22. The van der Waals surface area contributed by atoms with Gasteiger partial charge in [-0.2, -0.15) is 5.10 Å². The molecule has 0 aromatic carbocycles. The minimum Gasteiger partial charge on any atom is -0.469 e. The number of aromatic nitrogens is 2. The molecule has 1 atom stereocenters. The summed E-state index contributed by atoms with van der Waals surface area (Å²) in [6.45, 7) is 8.78. The molecule has 0 saturated heterocycles. The number of amides is 1. The topological polar surface area (TPSA) is 60.1 Å². The SMILES string of the molecule is CCn1nc(C(C)C)cc1C(=O)NC(C)Cc1ccco1. The Kier molecular flexibility index (Phi) is 4.83. The van der Waals surface area contributed by atoms with Gasteiger partial charge in [0, 0.05) is 19.0 Å². The molecule has 0 saturated carbocycles. The van der Waals surface area contributed by atoms with Crippen LogP contribution in [0, 0.1) is 0 Å². The molecular weight excluding hydrogens is 266 g/mol. The van der Waals surface area contributed by atoms with Crippen molar-refractivity contribution in [3.63, 3.8) is 0 Å². The molecular formula is C16H23N3O2. The average Bonchev–Trinajstić information content (AvgIpc) is 3.06. The lowest BCUT2D eigenvalue weighted by Crippen LogP contribution is -2.35. The molecule has 2 heterocycles. The molecule has 2 aromatic heterocycles. The number of carbonyl (C=O) groups is 1. The van der Waals surface area contributed by atoms with Crippen molar-refractivity contribution in [3.8, 4) is 0 Å². The predicted octanol–water partition coefficient (Wildman–Crippen LogP) is 2.98. The quantitative estimate of drug-likeness (QED) is 0.889. The van der Waals surface area contributed by atoms with E-state index in [1.807, 2.05) is 32.0 Å². The summed E-state index contributed by atoms with van der Waals surface area (Å²) >= 11 is 0. The number of nitrogens with one attached hydrogen (secondary N) is 1. The highest BCUT2D eigenvalue weighted by atomic mass is 16.3. The van der Waals surface area contributed by atoms with Gasteiger partial charge in [-0.25, -0.2) is 0 Å². The first-order chi connectivity index (χ1) is 10.0. The van der Waals surface area contributed by atoms with Gasteiger partial charge in [0.2, 0.25) is 0 Å². The van der Waals surface area contributed by atoms with Gasteiger partial charge in [0.05, 0.1) is 12.0 Å². The summed E-state index contributed by atoms with van der Waals surface area (Å²) in [6, 6.07) is 5.65. The Morgan fingerprint density at radius 1 is 1.43 bits per heavy atom. The number of aryl methyl sites for hydroxylation is 1. The Morgan fingerprint density at radius 2 is 2.19 bits per heavy atom. The Balaban J connectivity index is 2.05. The third-order valence-electron chi connectivity index (χ3n) is 3.39. The third kappa shape index (κ3) is 3.74. The lowest BCUT2D eigenvalue weighted by atomic mass is 10.1. The van der Waals surface area contributed by atoms with Gasteiger partial charge >= 0.3 is 0 Å². The summed E-state index contributed by atoms with van der Waals surface area (Å²) in [4.78, 5) is 12.4. The van der Waals surface area contributed by atoms with E-state index in [9.17, 15) is 4.79 Å². The Morgan fingerprint density at radius 3 is 2.76 bits per heavy atom. The first-order valence-corrected chi connectivity index (χ1v) is 7.42. The van der Waals surface area contributed by atoms with Gasteiger partial charge < -0.3 is 9.73 Å². The molecule has 0 aliphatic rings. The van der Waals surface area contributed by atoms with Crippen molar-refractivity contribution >= 4 is 5.91 Å².